The van der Waals surface area contributed by atoms with E-state index in [-0.39, 0.29) is 6.04 Å². The van der Waals surface area contributed by atoms with Crippen molar-refractivity contribution >= 4 is 26.5 Å². The van der Waals surface area contributed by atoms with E-state index < -0.39 is 10.0 Å². The van der Waals surface area contributed by atoms with Gasteiger partial charge in [0.1, 0.15) is 0 Å². The Kier molecular flexibility index (Phi) is 2.78. The molecule has 1 aliphatic heterocycles. The van der Waals surface area contributed by atoms with Crippen LogP contribution in [0.3, 0.4) is 0 Å². The first-order valence-electron chi connectivity index (χ1n) is 7.36. The zero-order valence-corrected chi connectivity index (χ0v) is 12.5. The average Bonchev–Trinajstić information content (AvgIpc) is 3.10. The number of hydrogen-bond donors (Lipinski definition) is 1. The third-order valence-corrected chi connectivity index (χ3v) is 6.84. The van der Waals surface area contributed by atoms with Gasteiger partial charge in [-0.25, -0.2) is 8.42 Å². The molecule has 2 fully saturated rings. The van der Waals surface area contributed by atoms with Gasteiger partial charge in [0, 0.05) is 29.0 Å². The summed E-state index contributed by atoms with van der Waals surface area (Å²) in [6.45, 7) is 0.672. The SMILES string of the molecule is Nc1ccc(S(=O)(=O)N2CC3CCC2C3)c2ccccc12. The van der Waals surface area contributed by atoms with Gasteiger partial charge in [-0.2, -0.15) is 4.31 Å². The van der Waals surface area contributed by atoms with Crippen LogP contribution in [0, 0.1) is 5.92 Å². The first kappa shape index (κ1) is 13.1. The first-order valence-corrected chi connectivity index (χ1v) is 8.80. The van der Waals surface area contributed by atoms with E-state index in [1.165, 1.54) is 6.42 Å². The van der Waals surface area contributed by atoms with Crippen molar-refractivity contribution in [1.82, 2.24) is 4.31 Å². The van der Waals surface area contributed by atoms with Crippen molar-refractivity contribution in [3.8, 4) is 0 Å². The Morgan fingerprint density at radius 3 is 2.48 bits per heavy atom. The van der Waals surface area contributed by atoms with E-state index in [2.05, 4.69) is 0 Å². The van der Waals surface area contributed by atoms with Gasteiger partial charge in [0.15, 0.2) is 0 Å². The van der Waals surface area contributed by atoms with Crippen LogP contribution in [-0.2, 0) is 10.0 Å². The molecule has 2 aromatic carbocycles. The maximum atomic E-state index is 13.0. The van der Waals surface area contributed by atoms with Gasteiger partial charge >= 0.3 is 0 Å². The van der Waals surface area contributed by atoms with E-state index in [0.717, 1.165) is 23.6 Å². The summed E-state index contributed by atoms with van der Waals surface area (Å²) in [7, 11) is -3.44. The van der Waals surface area contributed by atoms with E-state index in [1.807, 2.05) is 24.3 Å². The lowest BCUT2D eigenvalue weighted by atomic mass is 10.1. The summed E-state index contributed by atoms with van der Waals surface area (Å²) in [5.41, 5.74) is 6.59. The molecule has 110 valence electrons. The summed E-state index contributed by atoms with van der Waals surface area (Å²) in [5.74, 6) is 0.546. The van der Waals surface area contributed by atoms with Gasteiger partial charge in [0.2, 0.25) is 10.0 Å². The summed E-state index contributed by atoms with van der Waals surface area (Å²) in [4.78, 5) is 0.389. The molecule has 2 aliphatic rings. The van der Waals surface area contributed by atoms with Gasteiger partial charge in [-0.15, -0.1) is 0 Å². The van der Waals surface area contributed by atoms with Gasteiger partial charge in [-0.3, -0.25) is 0 Å². The standard InChI is InChI=1S/C16H18N2O2S/c17-15-7-8-16(14-4-2-1-3-13(14)15)21(19,20)18-10-11-5-6-12(18)9-11/h1-4,7-8,11-12H,5-6,9-10,17H2. The van der Waals surface area contributed by atoms with Gasteiger partial charge in [-0.1, -0.05) is 24.3 Å². The fourth-order valence-corrected chi connectivity index (χ4v) is 5.76. The van der Waals surface area contributed by atoms with Crippen LogP contribution in [0.4, 0.5) is 5.69 Å². The number of anilines is 1. The fraction of sp³-hybridized carbons (Fsp3) is 0.375. The second kappa shape index (κ2) is 4.45. The topological polar surface area (TPSA) is 63.4 Å². The number of piperidine rings is 1. The van der Waals surface area contributed by atoms with Crippen LogP contribution in [0.1, 0.15) is 19.3 Å². The number of nitrogens with zero attached hydrogens (tertiary/aromatic N) is 1. The Labute approximate surface area is 124 Å². The van der Waals surface area contributed by atoms with Crippen molar-refractivity contribution in [3.05, 3.63) is 36.4 Å². The Balaban J connectivity index is 1.88. The minimum Gasteiger partial charge on any atom is -0.398 e. The number of benzene rings is 2. The highest BCUT2D eigenvalue weighted by molar-refractivity contribution is 7.89. The molecule has 2 bridgehead atoms. The highest BCUT2D eigenvalue weighted by atomic mass is 32.2. The van der Waals surface area contributed by atoms with Gasteiger partial charge in [-0.05, 0) is 37.3 Å². The third kappa shape index (κ3) is 1.88. The van der Waals surface area contributed by atoms with Crippen molar-refractivity contribution in [2.75, 3.05) is 12.3 Å². The molecule has 0 spiro atoms. The molecular weight excluding hydrogens is 284 g/mol. The zero-order valence-electron chi connectivity index (χ0n) is 11.7. The lowest BCUT2D eigenvalue weighted by molar-refractivity contribution is 0.334. The molecule has 2 aromatic rings. The maximum absolute atomic E-state index is 13.0. The van der Waals surface area contributed by atoms with Crippen LogP contribution in [0.25, 0.3) is 10.8 Å². The number of nitrogen functional groups attached to an aromatic ring is 1. The highest BCUT2D eigenvalue weighted by Gasteiger charge is 2.44. The molecule has 4 rings (SSSR count). The molecule has 1 heterocycles. The summed E-state index contributed by atoms with van der Waals surface area (Å²) >= 11 is 0. The predicted octanol–water partition coefficient (Wildman–Crippen LogP) is 2.60. The summed E-state index contributed by atoms with van der Waals surface area (Å²) in [6.07, 6.45) is 3.18. The van der Waals surface area contributed by atoms with E-state index in [4.69, 9.17) is 5.73 Å². The quantitative estimate of drug-likeness (QED) is 0.867. The molecule has 1 aliphatic carbocycles. The maximum Gasteiger partial charge on any atom is 0.243 e. The highest BCUT2D eigenvalue weighted by Crippen LogP contribution is 2.41. The molecule has 0 radical (unpaired) electrons. The summed E-state index contributed by atoms with van der Waals surface area (Å²) in [5, 5.41) is 1.53. The van der Waals surface area contributed by atoms with Crippen molar-refractivity contribution in [2.45, 2.75) is 30.2 Å². The molecule has 2 unspecified atom stereocenters. The smallest absolute Gasteiger partial charge is 0.243 e. The third-order valence-electron chi connectivity index (χ3n) is 4.86. The number of nitrogens with two attached hydrogens (primary N) is 1. The first-order chi connectivity index (χ1) is 10.1. The molecule has 21 heavy (non-hydrogen) atoms. The van der Waals surface area contributed by atoms with Crippen LogP contribution in [0.5, 0.6) is 0 Å². The van der Waals surface area contributed by atoms with Crippen LogP contribution < -0.4 is 5.73 Å². The largest absolute Gasteiger partial charge is 0.398 e. The molecule has 2 atom stereocenters. The van der Waals surface area contributed by atoms with E-state index >= 15 is 0 Å². The van der Waals surface area contributed by atoms with Crippen molar-refractivity contribution in [1.29, 1.82) is 0 Å². The minimum absolute atomic E-state index is 0.191. The number of rotatable bonds is 2. The summed E-state index contributed by atoms with van der Waals surface area (Å²) < 4.78 is 27.8. The van der Waals surface area contributed by atoms with E-state index in [1.54, 1.807) is 16.4 Å². The summed E-state index contributed by atoms with van der Waals surface area (Å²) in [6, 6.07) is 11.0. The predicted molar refractivity (Wildman–Crippen MR) is 83.4 cm³/mol. The number of sulfonamides is 1. The minimum atomic E-state index is -3.44. The van der Waals surface area contributed by atoms with E-state index in [0.29, 0.717) is 23.0 Å². The lowest BCUT2D eigenvalue weighted by Crippen LogP contribution is -2.37. The molecule has 2 N–H and O–H groups in total. The van der Waals surface area contributed by atoms with Crippen LogP contribution >= 0.6 is 0 Å². The fourth-order valence-electron chi connectivity index (χ4n) is 3.82. The average molecular weight is 302 g/mol. The molecule has 0 amide bonds. The molecule has 0 aromatic heterocycles. The zero-order chi connectivity index (χ0) is 14.6. The monoisotopic (exact) mass is 302 g/mol. The second-order valence-corrected chi connectivity index (χ2v) is 7.97. The Hall–Kier alpha value is -1.59. The molecule has 1 saturated carbocycles. The van der Waals surface area contributed by atoms with Gasteiger partial charge in [0.25, 0.3) is 0 Å². The molecular formula is C16H18N2O2S. The number of fused-ring (bicyclic) bond motifs is 3. The van der Waals surface area contributed by atoms with Gasteiger partial charge < -0.3 is 5.73 Å². The van der Waals surface area contributed by atoms with Crippen molar-refractivity contribution < 1.29 is 8.42 Å². The normalized spacial score (nSPS) is 25.7. The lowest BCUT2D eigenvalue weighted by Gasteiger charge is -2.26. The molecule has 1 saturated heterocycles. The molecule has 4 nitrogen and oxygen atoms in total. The Morgan fingerprint density at radius 1 is 1.05 bits per heavy atom. The van der Waals surface area contributed by atoms with Crippen LogP contribution in [-0.4, -0.2) is 25.3 Å². The second-order valence-electron chi connectivity index (χ2n) is 6.11. The van der Waals surface area contributed by atoms with E-state index in [9.17, 15) is 8.42 Å². The Bertz CT molecular complexity index is 816. The van der Waals surface area contributed by atoms with Gasteiger partial charge in [0.05, 0.1) is 4.90 Å². The van der Waals surface area contributed by atoms with Crippen molar-refractivity contribution in [3.63, 3.8) is 0 Å². The Morgan fingerprint density at radius 2 is 1.81 bits per heavy atom. The van der Waals surface area contributed by atoms with Crippen LogP contribution in [0.15, 0.2) is 41.3 Å². The van der Waals surface area contributed by atoms with Crippen molar-refractivity contribution in [2.24, 2.45) is 5.92 Å². The number of hydrogen-bond acceptors (Lipinski definition) is 3. The molecule has 5 heteroatoms. The van der Waals surface area contributed by atoms with Crippen LogP contribution in [0.2, 0.25) is 0 Å².